The van der Waals surface area contributed by atoms with Gasteiger partial charge in [0.15, 0.2) is 11.5 Å². The summed E-state index contributed by atoms with van der Waals surface area (Å²) in [4.78, 5) is 37.1. The maximum absolute atomic E-state index is 13.1. The average Bonchev–Trinajstić information content (AvgIpc) is 2.71. The van der Waals surface area contributed by atoms with Gasteiger partial charge in [0.1, 0.15) is 17.9 Å². The van der Waals surface area contributed by atoms with Crippen LogP contribution in [0.5, 0.6) is 11.5 Å². The van der Waals surface area contributed by atoms with Gasteiger partial charge in [-0.05, 0) is 17.5 Å². The van der Waals surface area contributed by atoms with E-state index in [-0.39, 0.29) is 23.6 Å². The van der Waals surface area contributed by atoms with Crippen LogP contribution in [0.2, 0.25) is 0 Å². The van der Waals surface area contributed by atoms with Crippen LogP contribution in [0.25, 0.3) is 0 Å². The van der Waals surface area contributed by atoms with E-state index in [1.165, 1.54) is 25.2 Å². The maximum Gasteiger partial charge on any atom is 0.286 e. The third-order valence-corrected chi connectivity index (χ3v) is 4.65. The van der Waals surface area contributed by atoms with Crippen molar-refractivity contribution in [1.82, 2.24) is 4.90 Å². The smallest absolute Gasteiger partial charge is 0.286 e. The summed E-state index contributed by atoms with van der Waals surface area (Å²) in [6, 6.07) is 9.00. The second-order valence-electron chi connectivity index (χ2n) is 6.01. The van der Waals surface area contributed by atoms with E-state index in [1.807, 2.05) is 12.1 Å². The lowest BCUT2D eigenvalue weighted by Gasteiger charge is -2.34. The lowest BCUT2D eigenvalue weighted by Crippen LogP contribution is -2.41. The van der Waals surface area contributed by atoms with Crippen molar-refractivity contribution in [3.8, 4) is 11.5 Å². The molecule has 3 rings (SSSR count). The Morgan fingerprint density at radius 3 is 2.52 bits per heavy atom. The highest BCUT2D eigenvalue weighted by atomic mass is 16.6. The number of carbonyl (C=O) groups is 2. The fourth-order valence-corrected chi connectivity index (χ4v) is 3.32. The first-order chi connectivity index (χ1) is 13.0. The first-order valence-electron chi connectivity index (χ1n) is 8.26. The molecular weight excluding hydrogens is 352 g/mol. The minimum absolute atomic E-state index is 0.149. The van der Waals surface area contributed by atoms with E-state index in [9.17, 15) is 19.7 Å². The van der Waals surface area contributed by atoms with E-state index in [0.717, 1.165) is 17.2 Å². The summed E-state index contributed by atoms with van der Waals surface area (Å²) in [5.41, 5.74) is 1.17. The highest BCUT2D eigenvalue weighted by molar-refractivity contribution is 6.00. The van der Waals surface area contributed by atoms with Crippen LogP contribution in [-0.4, -0.2) is 42.8 Å². The molecule has 1 aliphatic rings. The van der Waals surface area contributed by atoms with Gasteiger partial charge in [-0.15, -0.1) is 0 Å². The molecule has 0 saturated carbocycles. The van der Waals surface area contributed by atoms with Gasteiger partial charge in [0, 0.05) is 12.6 Å². The highest BCUT2D eigenvalue weighted by Crippen LogP contribution is 2.37. The molecule has 1 atom stereocenters. The Bertz CT molecular complexity index is 911. The summed E-state index contributed by atoms with van der Waals surface area (Å²) in [6.07, 6.45) is 1.25. The molecule has 0 N–H and O–H groups in total. The number of hydrogen-bond acceptors (Lipinski definition) is 6. The molecule has 27 heavy (non-hydrogen) atoms. The molecule has 1 aliphatic heterocycles. The third-order valence-electron chi connectivity index (χ3n) is 4.65. The van der Waals surface area contributed by atoms with Crippen LogP contribution in [0.15, 0.2) is 36.4 Å². The Balaban J connectivity index is 2.08. The van der Waals surface area contributed by atoms with Crippen molar-refractivity contribution >= 4 is 17.9 Å². The van der Waals surface area contributed by atoms with Crippen molar-refractivity contribution in [1.29, 1.82) is 0 Å². The molecule has 0 spiro atoms. The largest absolute Gasteiger partial charge is 0.493 e. The van der Waals surface area contributed by atoms with Crippen LogP contribution < -0.4 is 9.47 Å². The molecule has 8 heteroatoms. The van der Waals surface area contributed by atoms with Gasteiger partial charge in [0.05, 0.1) is 25.2 Å². The molecule has 0 unspecified atom stereocenters. The van der Waals surface area contributed by atoms with Crippen LogP contribution in [-0.2, 0) is 11.2 Å². The molecule has 0 radical (unpaired) electrons. The summed E-state index contributed by atoms with van der Waals surface area (Å²) in [5, 5.41) is 11.5. The van der Waals surface area contributed by atoms with E-state index in [1.54, 1.807) is 12.1 Å². The Hall–Kier alpha value is -3.42. The van der Waals surface area contributed by atoms with Gasteiger partial charge in [-0.1, -0.05) is 24.3 Å². The number of hydrogen-bond donors (Lipinski definition) is 0. The van der Waals surface area contributed by atoms with Crippen LogP contribution in [0.3, 0.4) is 0 Å². The number of rotatable bonds is 5. The zero-order valence-corrected chi connectivity index (χ0v) is 14.9. The standard InChI is InChI=1S/C19H18N2O6/c1-26-17-9-14(15(21(24)25)10-18(17)27-2)19(23)20-8-7-12-5-3-4-6-13(12)16(20)11-22/h3-6,9-11,16H,7-8H2,1-2H3/t16-/m1/s1. The van der Waals surface area contributed by atoms with Crippen molar-refractivity contribution in [2.75, 3.05) is 20.8 Å². The van der Waals surface area contributed by atoms with Gasteiger partial charge in [-0.25, -0.2) is 0 Å². The van der Waals surface area contributed by atoms with Gasteiger partial charge in [0.2, 0.25) is 0 Å². The summed E-state index contributed by atoms with van der Waals surface area (Å²) in [7, 11) is 2.73. The lowest BCUT2D eigenvalue weighted by molar-refractivity contribution is -0.385. The van der Waals surface area contributed by atoms with Crippen LogP contribution in [0.4, 0.5) is 5.69 Å². The minimum atomic E-state index is -0.796. The van der Waals surface area contributed by atoms with Crippen LogP contribution in [0.1, 0.15) is 27.5 Å². The number of fused-ring (bicyclic) bond motifs is 1. The SMILES string of the molecule is COc1cc(C(=O)N2CCc3ccccc3[C@H]2C=O)c([N+](=O)[O-])cc1OC. The fourth-order valence-electron chi connectivity index (χ4n) is 3.32. The number of nitro benzene ring substituents is 1. The number of nitro groups is 1. The molecule has 0 fully saturated rings. The summed E-state index contributed by atoms with van der Waals surface area (Å²) >= 11 is 0. The molecule has 8 nitrogen and oxygen atoms in total. The normalized spacial score (nSPS) is 15.6. The molecule has 0 saturated heterocycles. The number of carbonyl (C=O) groups excluding carboxylic acids is 2. The number of amides is 1. The molecule has 0 aromatic heterocycles. The summed E-state index contributed by atoms with van der Waals surface area (Å²) in [5.74, 6) is -0.252. The van der Waals surface area contributed by atoms with Crippen LogP contribution >= 0.6 is 0 Å². The Morgan fingerprint density at radius 2 is 1.89 bits per heavy atom. The molecular formula is C19H18N2O6. The first kappa shape index (κ1) is 18.4. The predicted octanol–water partition coefficient (Wildman–Crippen LogP) is 2.55. The van der Waals surface area contributed by atoms with E-state index in [0.29, 0.717) is 12.7 Å². The maximum atomic E-state index is 13.1. The van der Waals surface area contributed by atoms with Crippen LogP contribution in [0, 0.1) is 10.1 Å². The Labute approximate surface area is 155 Å². The quantitative estimate of drug-likeness (QED) is 0.456. The first-order valence-corrected chi connectivity index (χ1v) is 8.26. The summed E-state index contributed by atoms with van der Waals surface area (Å²) < 4.78 is 10.3. The van der Waals surface area contributed by atoms with Crippen molar-refractivity contribution in [3.63, 3.8) is 0 Å². The molecule has 1 heterocycles. The zero-order valence-electron chi connectivity index (χ0n) is 14.9. The summed E-state index contributed by atoms with van der Waals surface area (Å²) in [6.45, 7) is 0.282. The Morgan fingerprint density at radius 1 is 1.22 bits per heavy atom. The number of aldehydes is 1. The van der Waals surface area contributed by atoms with Gasteiger partial charge in [-0.2, -0.15) is 0 Å². The van der Waals surface area contributed by atoms with E-state index < -0.39 is 22.6 Å². The second kappa shape index (κ2) is 7.45. The number of methoxy groups -OCH3 is 2. The monoisotopic (exact) mass is 370 g/mol. The fraction of sp³-hybridized carbons (Fsp3) is 0.263. The van der Waals surface area contributed by atoms with Crippen molar-refractivity contribution in [2.45, 2.75) is 12.5 Å². The van der Waals surface area contributed by atoms with Gasteiger partial charge < -0.3 is 19.2 Å². The molecule has 140 valence electrons. The highest BCUT2D eigenvalue weighted by Gasteiger charge is 2.35. The van der Waals surface area contributed by atoms with E-state index in [4.69, 9.17) is 9.47 Å². The van der Waals surface area contributed by atoms with Gasteiger partial charge >= 0.3 is 0 Å². The number of nitrogens with zero attached hydrogens (tertiary/aromatic N) is 2. The zero-order chi connectivity index (χ0) is 19.6. The second-order valence-corrected chi connectivity index (χ2v) is 6.01. The number of benzene rings is 2. The molecule has 1 amide bonds. The molecule has 2 aromatic carbocycles. The molecule has 0 bridgehead atoms. The van der Waals surface area contributed by atoms with Crippen molar-refractivity contribution in [2.24, 2.45) is 0 Å². The van der Waals surface area contributed by atoms with E-state index >= 15 is 0 Å². The average molecular weight is 370 g/mol. The molecule has 0 aliphatic carbocycles. The van der Waals surface area contributed by atoms with Crippen molar-refractivity contribution in [3.05, 3.63) is 63.2 Å². The molecule has 2 aromatic rings. The van der Waals surface area contributed by atoms with Gasteiger partial charge in [-0.3, -0.25) is 14.9 Å². The minimum Gasteiger partial charge on any atom is -0.493 e. The number of ether oxygens (including phenoxy) is 2. The predicted molar refractivity (Wildman–Crippen MR) is 96.2 cm³/mol. The lowest BCUT2D eigenvalue weighted by atomic mass is 9.92. The topological polar surface area (TPSA) is 99.0 Å². The van der Waals surface area contributed by atoms with E-state index in [2.05, 4.69) is 0 Å². The third kappa shape index (κ3) is 3.21. The van der Waals surface area contributed by atoms with Crippen molar-refractivity contribution < 1.29 is 24.0 Å². The Kier molecular flexibility index (Phi) is 5.07. The van der Waals surface area contributed by atoms with Gasteiger partial charge in [0.25, 0.3) is 11.6 Å².